The third kappa shape index (κ3) is 4.92. The molecule has 3 rings (SSSR count). The van der Waals surface area contributed by atoms with E-state index < -0.39 is 0 Å². The first-order valence-corrected chi connectivity index (χ1v) is 10.4. The molecular weight excluding hydrogens is 348 g/mol. The summed E-state index contributed by atoms with van der Waals surface area (Å²) in [6.45, 7) is 3.62. The number of nitrogens with zero attached hydrogens (tertiary/aromatic N) is 4. The lowest BCUT2D eigenvalue weighted by Crippen LogP contribution is -2.43. The van der Waals surface area contributed by atoms with Crippen molar-refractivity contribution in [3.8, 4) is 10.8 Å². The topological polar surface area (TPSA) is 62.5 Å². The first-order valence-electron chi connectivity index (χ1n) is 9.51. The summed E-state index contributed by atoms with van der Waals surface area (Å²) in [6.07, 6.45) is 7.18. The Morgan fingerprint density at radius 2 is 2.12 bits per heavy atom. The highest BCUT2D eigenvalue weighted by atomic mass is 32.1. The third-order valence-electron chi connectivity index (χ3n) is 4.95. The summed E-state index contributed by atoms with van der Waals surface area (Å²) >= 11 is 1.57. The second-order valence-electron chi connectivity index (χ2n) is 7.00. The molecule has 1 aliphatic carbocycles. The van der Waals surface area contributed by atoms with Gasteiger partial charge in [-0.15, -0.1) is 21.5 Å². The number of likely N-dealkylation sites (N-methyl/N-ethyl adjacent to an activating group) is 1. The summed E-state index contributed by atoms with van der Waals surface area (Å²) in [5.41, 5.74) is 0. The smallest absolute Gasteiger partial charge is 0.257 e. The molecule has 0 unspecified atom stereocenters. The Balaban J connectivity index is 1.60. The molecule has 0 saturated heterocycles. The van der Waals surface area contributed by atoms with E-state index in [9.17, 15) is 4.79 Å². The minimum Gasteiger partial charge on any atom is -0.418 e. The zero-order chi connectivity index (χ0) is 18.4. The fourth-order valence-corrected chi connectivity index (χ4v) is 4.15. The highest BCUT2D eigenvalue weighted by Crippen LogP contribution is 2.24. The predicted octanol–water partition coefficient (Wildman–Crippen LogP) is 3.80. The number of aromatic nitrogens is 2. The van der Waals surface area contributed by atoms with Gasteiger partial charge < -0.3 is 9.32 Å². The van der Waals surface area contributed by atoms with Gasteiger partial charge in [-0.1, -0.05) is 32.3 Å². The van der Waals surface area contributed by atoms with Gasteiger partial charge in [0, 0.05) is 12.6 Å². The van der Waals surface area contributed by atoms with Crippen molar-refractivity contribution in [2.24, 2.45) is 0 Å². The van der Waals surface area contributed by atoms with Crippen molar-refractivity contribution in [1.29, 1.82) is 0 Å². The lowest BCUT2D eigenvalue weighted by atomic mass is 9.94. The van der Waals surface area contributed by atoms with E-state index in [1.807, 2.05) is 22.4 Å². The van der Waals surface area contributed by atoms with Gasteiger partial charge in [0.2, 0.25) is 11.8 Å². The molecule has 0 aliphatic heterocycles. The van der Waals surface area contributed by atoms with Gasteiger partial charge in [-0.2, -0.15) is 0 Å². The molecule has 1 amide bonds. The standard InChI is InChI=1S/C19H28N4O2S/c1-3-11-23(18(24)14-22(2)15-8-5-4-6-9-15)13-17-20-21-19(25-17)16-10-7-12-26-16/h7,10,12,15H,3-6,8-9,11,13-14H2,1-2H3. The number of hydrogen-bond donors (Lipinski definition) is 0. The summed E-state index contributed by atoms with van der Waals surface area (Å²) in [7, 11) is 2.07. The summed E-state index contributed by atoms with van der Waals surface area (Å²) in [4.78, 5) is 17.8. The zero-order valence-corrected chi connectivity index (χ0v) is 16.5. The molecule has 0 bridgehead atoms. The molecular formula is C19H28N4O2S. The Hall–Kier alpha value is -1.73. The van der Waals surface area contributed by atoms with Crippen LogP contribution in [0.15, 0.2) is 21.9 Å². The van der Waals surface area contributed by atoms with Crippen molar-refractivity contribution in [1.82, 2.24) is 20.0 Å². The maximum Gasteiger partial charge on any atom is 0.257 e. The van der Waals surface area contributed by atoms with Crippen molar-refractivity contribution >= 4 is 17.2 Å². The van der Waals surface area contributed by atoms with Crippen LogP contribution >= 0.6 is 11.3 Å². The minimum absolute atomic E-state index is 0.135. The quantitative estimate of drug-likeness (QED) is 0.701. The fraction of sp³-hybridized carbons (Fsp3) is 0.632. The molecule has 0 N–H and O–H groups in total. The van der Waals surface area contributed by atoms with E-state index in [0.717, 1.165) is 11.3 Å². The first-order chi connectivity index (χ1) is 12.7. The summed E-state index contributed by atoms with van der Waals surface area (Å²) in [5, 5.41) is 10.2. The number of thiophene rings is 1. The van der Waals surface area contributed by atoms with Crippen molar-refractivity contribution < 1.29 is 9.21 Å². The van der Waals surface area contributed by atoms with E-state index in [2.05, 4.69) is 29.1 Å². The largest absolute Gasteiger partial charge is 0.418 e. The van der Waals surface area contributed by atoms with Crippen LogP contribution in [0.25, 0.3) is 10.8 Å². The van der Waals surface area contributed by atoms with Crippen molar-refractivity contribution in [2.75, 3.05) is 20.1 Å². The highest BCUT2D eigenvalue weighted by Gasteiger charge is 2.23. The van der Waals surface area contributed by atoms with E-state index in [0.29, 0.717) is 37.5 Å². The molecule has 142 valence electrons. The Morgan fingerprint density at radius 1 is 1.31 bits per heavy atom. The molecule has 0 radical (unpaired) electrons. The van der Waals surface area contributed by atoms with Gasteiger partial charge >= 0.3 is 0 Å². The van der Waals surface area contributed by atoms with Crippen LogP contribution in [0, 0.1) is 0 Å². The molecule has 2 aromatic rings. The highest BCUT2D eigenvalue weighted by molar-refractivity contribution is 7.13. The monoisotopic (exact) mass is 376 g/mol. The Bertz CT molecular complexity index is 680. The number of carbonyl (C=O) groups is 1. The molecule has 0 atom stereocenters. The molecule has 2 heterocycles. The van der Waals surface area contributed by atoms with Crippen LogP contribution in [0.3, 0.4) is 0 Å². The second kappa shape index (κ2) is 9.28. The third-order valence-corrected chi connectivity index (χ3v) is 5.81. The minimum atomic E-state index is 0.135. The lowest BCUT2D eigenvalue weighted by Gasteiger charge is -2.32. The van der Waals surface area contributed by atoms with E-state index in [1.54, 1.807) is 11.3 Å². The molecule has 1 saturated carbocycles. The van der Waals surface area contributed by atoms with Crippen LogP contribution in [-0.4, -0.2) is 52.1 Å². The van der Waals surface area contributed by atoms with Gasteiger partial charge in [-0.05, 0) is 37.8 Å². The maximum atomic E-state index is 12.8. The molecule has 1 aliphatic rings. The number of amides is 1. The molecule has 26 heavy (non-hydrogen) atoms. The predicted molar refractivity (Wildman–Crippen MR) is 103 cm³/mol. The average Bonchev–Trinajstić information content (AvgIpc) is 3.33. The van der Waals surface area contributed by atoms with E-state index in [-0.39, 0.29) is 5.91 Å². The maximum absolute atomic E-state index is 12.8. The van der Waals surface area contributed by atoms with Crippen LogP contribution in [-0.2, 0) is 11.3 Å². The molecule has 0 spiro atoms. The molecule has 6 nitrogen and oxygen atoms in total. The van der Waals surface area contributed by atoms with Gasteiger partial charge in [0.15, 0.2) is 0 Å². The van der Waals surface area contributed by atoms with Crippen molar-refractivity contribution in [3.05, 3.63) is 23.4 Å². The molecule has 7 heteroatoms. The number of hydrogen-bond acceptors (Lipinski definition) is 6. The second-order valence-corrected chi connectivity index (χ2v) is 7.95. The van der Waals surface area contributed by atoms with Crippen LogP contribution in [0.4, 0.5) is 0 Å². The SMILES string of the molecule is CCCN(Cc1nnc(-c2cccs2)o1)C(=O)CN(C)C1CCCCC1. The Morgan fingerprint density at radius 3 is 2.81 bits per heavy atom. The van der Waals surface area contributed by atoms with Crippen LogP contribution in [0.5, 0.6) is 0 Å². The van der Waals surface area contributed by atoms with Gasteiger partial charge in [-0.25, -0.2) is 0 Å². The Labute approximate surface area is 159 Å². The van der Waals surface area contributed by atoms with Gasteiger partial charge in [-0.3, -0.25) is 9.69 Å². The van der Waals surface area contributed by atoms with Crippen LogP contribution in [0.2, 0.25) is 0 Å². The lowest BCUT2D eigenvalue weighted by molar-refractivity contribution is -0.133. The molecule has 1 fully saturated rings. The van der Waals surface area contributed by atoms with E-state index in [1.165, 1.54) is 32.1 Å². The fourth-order valence-electron chi connectivity index (χ4n) is 3.51. The van der Waals surface area contributed by atoms with Gasteiger partial charge in [0.25, 0.3) is 5.89 Å². The zero-order valence-electron chi connectivity index (χ0n) is 15.7. The van der Waals surface area contributed by atoms with Crippen LogP contribution < -0.4 is 0 Å². The summed E-state index contributed by atoms with van der Waals surface area (Å²) in [5.74, 6) is 1.16. The number of rotatable bonds is 8. The Kier molecular flexibility index (Phi) is 6.80. The van der Waals surface area contributed by atoms with Gasteiger partial charge in [0.1, 0.15) is 0 Å². The van der Waals surface area contributed by atoms with Crippen molar-refractivity contribution in [3.63, 3.8) is 0 Å². The normalized spacial score (nSPS) is 15.5. The summed E-state index contributed by atoms with van der Waals surface area (Å²) < 4.78 is 5.76. The van der Waals surface area contributed by atoms with E-state index in [4.69, 9.17) is 4.42 Å². The molecule has 2 aromatic heterocycles. The number of carbonyl (C=O) groups excluding carboxylic acids is 1. The van der Waals surface area contributed by atoms with E-state index >= 15 is 0 Å². The van der Waals surface area contributed by atoms with Gasteiger partial charge in [0.05, 0.1) is 18.0 Å². The van der Waals surface area contributed by atoms with Crippen molar-refractivity contribution in [2.45, 2.75) is 58.0 Å². The van der Waals surface area contributed by atoms with Crippen LogP contribution in [0.1, 0.15) is 51.3 Å². The average molecular weight is 377 g/mol. The summed E-state index contributed by atoms with van der Waals surface area (Å²) in [6, 6.07) is 4.44. The molecule has 0 aromatic carbocycles. The first kappa shape index (κ1) is 19.0.